The molecule has 1 N–H and O–H groups in total. The van der Waals surface area contributed by atoms with Crippen LogP contribution in [0.4, 0.5) is 0 Å². The van der Waals surface area contributed by atoms with Crippen LogP contribution in [-0.2, 0) is 0 Å². The van der Waals surface area contributed by atoms with E-state index in [2.05, 4.69) is 44.8 Å². The van der Waals surface area contributed by atoms with Crippen molar-refractivity contribution in [3.63, 3.8) is 0 Å². The van der Waals surface area contributed by atoms with E-state index < -0.39 is 0 Å². The van der Waals surface area contributed by atoms with Gasteiger partial charge in [0.05, 0.1) is 16.6 Å². The number of fused-ring (bicyclic) bond motifs is 1. The highest BCUT2D eigenvalue weighted by Crippen LogP contribution is 2.32. The number of carbonyl (C=O) groups is 1. The molecule has 2 aromatic heterocycles. The van der Waals surface area contributed by atoms with Crippen LogP contribution in [0.25, 0.3) is 11.0 Å². The topological polar surface area (TPSA) is 49.0 Å². The molecule has 0 atom stereocenters. The van der Waals surface area contributed by atoms with Gasteiger partial charge >= 0.3 is 0 Å². The fourth-order valence-electron chi connectivity index (χ4n) is 3.49. The minimum atomic E-state index is 0.149. The number of piperidine rings is 1. The first-order valence-electron chi connectivity index (χ1n) is 8.20. The summed E-state index contributed by atoms with van der Waals surface area (Å²) in [7, 11) is 0. The van der Waals surface area contributed by atoms with Crippen molar-refractivity contribution in [1.82, 2.24) is 14.9 Å². The van der Waals surface area contributed by atoms with Gasteiger partial charge < -0.3 is 9.88 Å². The maximum Gasteiger partial charge on any atom is 0.254 e. The summed E-state index contributed by atoms with van der Waals surface area (Å²) < 4.78 is 1.02. The standard InChI is InChI=1S/C19H18IN3O/c20-16-5-2-1-4-14(16)19(24)23-10-7-13(8-11-23)15-12-22-17-6-3-9-21-18(15)17/h1-6,9,12-13,22H,7-8,10-11H2. The van der Waals surface area contributed by atoms with Crippen LogP contribution >= 0.6 is 22.6 Å². The lowest BCUT2D eigenvalue weighted by atomic mass is 9.90. The fraction of sp³-hybridized carbons (Fsp3) is 0.263. The van der Waals surface area contributed by atoms with E-state index in [0.29, 0.717) is 5.92 Å². The Bertz CT molecular complexity index is 881. The molecule has 4 nitrogen and oxygen atoms in total. The summed E-state index contributed by atoms with van der Waals surface area (Å²) in [5, 5.41) is 0. The second-order valence-corrected chi connectivity index (χ2v) is 7.35. The number of rotatable bonds is 2. The number of nitrogens with zero attached hydrogens (tertiary/aromatic N) is 2. The lowest BCUT2D eigenvalue weighted by molar-refractivity contribution is 0.0712. The first-order valence-corrected chi connectivity index (χ1v) is 9.27. The molecule has 0 spiro atoms. The van der Waals surface area contributed by atoms with Gasteiger partial charge in [-0.2, -0.15) is 0 Å². The summed E-state index contributed by atoms with van der Waals surface area (Å²) in [6, 6.07) is 11.8. The Morgan fingerprint density at radius 3 is 2.75 bits per heavy atom. The summed E-state index contributed by atoms with van der Waals surface area (Å²) in [5.41, 5.74) is 4.25. The molecule has 1 amide bonds. The molecule has 0 radical (unpaired) electrons. The summed E-state index contributed by atoms with van der Waals surface area (Å²) >= 11 is 2.23. The molecule has 1 aliphatic rings. The van der Waals surface area contributed by atoms with Crippen molar-refractivity contribution in [2.75, 3.05) is 13.1 Å². The smallest absolute Gasteiger partial charge is 0.254 e. The quantitative estimate of drug-likeness (QED) is 0.619. The van der Waals surface area contributed by atoms with E-state index in [-0.39, 0.29) is 5.91 Å². The highest BCUT2D eigenvalue weighted by Gasteiger charge is 2.27. The van der Waals surface area contributed by atoms with Crippen LogP contribution in [-0.4, -0.2) is 33.9 Å². The van der Waals surface area contributed by atoms with E-state index >= 15 is 0 Å². The molecule has 24 heavy (non-hydrogen) atoms. The Hall–Kier alpha value is -1.89. The molecule has 1 fully saturated rings. The van der Waals surface area contributed by atoms with E-state index in [4.69, 9.17) is 0 Å². The number of hydrogen-bond acceptors (Lipinski definition) is 2. The van der Waals surface area contributed by atoms with Gasteiger partial charge in [-0.15, -0.1) is 0 Å². The normalized spacial score (nSPS) is 15.8. The SMILES string of the molecule is O=C(c1ccccc1I)N1CCC(c2c[nH]c3cccnc23)CC1. The van der Waals surface area contributed by atoms with Crippen molar-refractivity contribution in [1.29, 1.82) is 0 Å². The van der Waals surface area contributed by atoms with Gasteiger partial charge in [-0.3, -0.25) is 9.78 Å². The van der Waals surface area contributed by atoms with Gasteiger partial charge in [-0.05, 0) is 71.2 Å². The van der Waals surface area contributed by atoms with Gasteiger partial charge in [0.2, 0.25) is 0 Å². The third kappa shape index (κ3) is 2.81. The van der Waals surface area contributed by atoms with Crippen LogP contribution in [0.1, 0.15) is 34.7 Å². The Labute approximate surface area is 154 Å². The maximum atomic E-state index is 12.7. The van der Waals surface area contributed by atoms with Gasteiger partial charge in [0.1, 0.15) is 0 Å². The average Bonchev–Trinajstić information content (AvgIpc) is 3.06. The zero-order chi connectivity index (χ0) is 16.5. The minimum absolute atomic E-state index is 0.149. The molecular formula is C19H18IN3O. The van der Waals surface area contributed by atoms with E-state index in [9.17, 15) is 4.79 Å². The molecule has 3 heterocycles. The van der Waals surface area contributed by atoms with Crippen LogP contribution < -0.4 is 0 Å². The largest absolute Gasteiger partial charge is 0.360 e. The first-order chi connectivity index (χ1) is 11.7. The summed E-state index contributed by atoms with van der Waals surface area (Å²) in [4.78, 5) is 22.5. The number of benzene rings is 1. The number of halogens is 1. The van der Waals surface area contributed by atoms with E-state index in [1.54, 1.807) is 0 Å². The molecule has 1 aliphatic heterocycles. The number of hydrogen-bond donors (Lipinski definition) is 1. The third-order valence-corrected chi connectivity index (χ3v) is 5.73. The van der Waals surface area contributed by atoms with Crippen molar-refractivity contribution < 1.29 is 4.79 Å². The van der Waals surface area contributed by atoms with Gasteiger partial charge in [-0.1, -0.05) is 12.1 Å². The lowest BCUT2D eigenvalue weighted by Gasteiger charge is -2.32. The number of carbonyl (C=O) groups excluding carboxylic acids is 1. The van der Waals surface area contributed by atoms with Gasteiger partial charge in [-0.25, -0.2) is 0 Å². The molecule has 1 aromatic carbocycles. The molecule has 0 aliphatic carbocycles. The van der Waals surface area contributed by atoms with Gasteiger partial charge in [0.25, 0.3) is 5.91 Å². The van der Waals surface area contributed by atoms with Crippen LogP contribution in [0.5, 0.6) is 0 Å². The third-order valence-electron chi connectivity index (χ3n) is 4.79. The first kappa shape index (κ1) is 15.6. The number of aromatic nitrogens is 2. The Morgan fingerprint density at radius 2 is 1.96 bits per heavy atom. The Morgan fingerprint density at radius 1 is 1.17 bits per heavy atom. The molecule has 1 saturated heterocycles. The highest BCUT2D eigenvalue weighted by atomic mass is 127. The maximum absolute atomic E-state index is 12.7. The number of nitrogens with one attached hydrogen (secondary N) is 1. The summed E-state index contributed by atoms with van der Waals surface area (Å²) in [6.07, 6.45) is 5.90. The summed E-state index contributed by atoms with van der Waals surface area (Å²) in [5.74, 6) is 0.614. The van der Waals surface area contributed by atoms with Crippen LogP contribution in [0, 0.1) is 3.57 Å². The van der Waals surface area contributed by atoms with Crippen LogP contribution in [0.15, 0.2) is 48.8 Å². The zero-order valence-corrected chi connectivity index (χ0v) is 15.4. The summed E-state index contributed by atoms with van der Waals surface area (Å²) in [6.45, 7) is 1.60. The number of aromatic amines is 1. The van der Waals surface area contributed by atoms with Crippen LogP contribution in [0.2, 0.25) is 0 Å². The predicted octanol–water partition coefficient (Wildman–Crippen LogP) is 4.19. The minimum Gasteiger partial charge on any atom is -0.360 e. The monoisotopic (exact) mass is 431 g/mol. The molecule has 0 bridgehead atoms. The lowest BCUT2D eigenvalue weighted by Crippen LogP contribution is -2.38. The van der Waals surface area contributed by atoms with Crippen molar-refractivity contribution >= 4 is 39.5 Å². The molecule has 5 heteroatoms. The predicted molar refractivity (Wildman–Crippen MR) is 103 cm³/mol. The fourth-order valence-corrected chi connectivity index (χ4v) is 4.10. The number of pyridine rings is 1. The molecule has 3 aromatic rings. The van der Waals surface area contributed by atoms with E-state index in [1.165, 1.54) is 5.56 Å². The number of likely N-dealkylation sites (tertiary alicyclic amines) is 1. The molecule has 0 saturated carbocycles. The number of amides is 1. The van der Waals surface area contributed by atoms with E-state index in [0.717, 1.165) is 46.1 Å². The van der Waals surface area contributed by atoms with Crippen LogP contribution in [0.3, 0.4) is 0 Å². The molecule has 122 valence electrons. The zero-order valence-electron chi connectivity index (χ0n) is 13.2. The van der Waals surface area contributed by atoms with E-state index in [1.807, 2.05) is 41.4 Å². The highest BCUT2D eigenvalue weighted by molar-refractivity contribution is 14.1. The van der Waals surface area contributed by atoms with Gasteiger partial charge in [0, 0.05) is 29.1 Å². The van der Waals surface area contributed by atoms with Crippen molar-refractivity contribution in [2.45, 2.75) is 18.8 Å². The number of H-pyrrole nitrogens is 1. The molecule has 4 rings (SSSR count). The van der Waals surface area contributed by atoms with Crippen molar-refractivity contribution in [3.8, 4) is 0 Å². The van der Waals surface area contributed by atoms with Crippen molar-refractivity contribution in [3.05, 3.63) is 63.5 Å². The molecular weight excluding hydrogens is 413 g/mol. The average molecular weight is 431 g/mol. The Kier molecular flexibility index (Phi) is 4.26. The van der Waals surface area contributed by atoms with Gasteiger partial charge in [0.15, 0.2) is 0 Å². The second-order valence-electron chi connectivity index (χ2n) is 6.19. The molecule has 0 unspecified atom stereocenters. The second kappa shape index (κ2) is 6.55. The Balaban J connectivity index is 1.49. The van der Waals surface area contributed by atoms with Crippen molar-refractivity contribution in [2.24, 2.45) is 0 Å².